The van der Waals surface area contributed by atoms with E-state index in [0.29, 0.717) is 24.8 Å². The van der Waals surface area contributed by atoms with E-state index < -0.39 is 0 Å². The van der Waals surface area contributed by atoms with Gasteiger partial charge >= 0.3 is 0 Å². The highest BCUT2D eigenvalue weighted by atomic mass is 16.5. The van der Waals surface area contributed by atoms with Gasteiger partial charge in [-0.2, -0.15) is 0 Å². The second-order valence-corrected chi connectivity index (χ2v) is 7.74. The highest BCUT2D eigenvalue weighted by Crippen LogP contribution is 2.37. The number of hydrogen-bond donors (Lipinski definition) is 1. The number of nitrogens with zero attached hydrogens (tertiary/aromatic N) is 1. The second kappa shape index (κ2) is 8.56. The van der Waals surface area contributed by atoms with Crippen molar-refractivity contribution in [3.63, 3.8) is 0 Å². The fourth-order valence-corrected chi connectivity index (χ4v) is 3.75. The number of benzene rings is 1. The number of carbonyl (C=O) groups is 2. The summed E-state index contributed by atoms with van der Waals surface area (Å²) < 4.78 is 5.20. The highest BCUT2D eigenvalue weighted by molar-refractivity contribution is 5.82. The number of ether oxygens (including phenoxy) is 1. The van der Waals surface area contributed by atoms with Crippen LogP contribution in [0, 0.1) is 17.8 Å². The Bertz CT molecular complexity index is 621. The van der Waals surface area contributed by atoms with Crippen molar-refractivity contribution in [1.29, 1.82) is 0 Å². The number of likely N-dealkylation sites (tertiary alicyclic amines) is 1. The van der Waals surface area contributed by atoms with Gasteiger partial charge in [-0.15, -0.1) is 0 Å². The van der Waals surface area contributed by atoms with Gasteiger partial charge in [0.05, 0.1) is 7.11 Å². The van der Waals surface area contributed by atoms with Crippen molar-refractivity contribution >= 4 is 11.8 Å². The molecule has 0 radical (unpaired) electrons. The maximum absolute atomic E-state index is 12.3. The average Bonchev–Trinajstić information content (AvgIpc) is 3.39. The van der Waals surface area contributed by atoms with Gasteiger partial charge in [-0.3, -0.25) is 9.59 Å². The van der Waals surface area contributed by atoms with E-state index in [4.69, 9.17) is 4.74 Å². The molecule has 3 rings (SSSR count). The zero-order valence-corrected chi connectivity index (χ0v) is 15.9. The van der Waals surface area contributed by atoms with Crippen LogP contribution in [-0.4, -0.2) is 43.5 Å². The Balaban J connectivity index is 1.34. The summed E-state index contributed by atoms with van der Waals surface area (Å²) in [6.07, 6.45) is 4.55. The zero-order valence-electron chi connectivity index (χ0n) is 15.9. The summed E-state index contributed by atoms with van der Waals surface area (Å²) in [6, 6.07) is 8.26. The van der Waals surface area contributed by atoms with Crippen molar-refractivity contribution in [2.45, 2.75) is 39.0 Å². The van der Waals surface area contributed by atoms with Crippen LogP contribution < -0.4 is 10.1 Å². The van der Waals surface area contributed by atoms with Gasteiger partial charge in [0, 0.05) is 32.0 Å². The van der Waals surface area contributed by atoms with E-state index in [1.807, 2.05) is 17.0 Å². The lowest BCUT2D eigenvalue weighted by Crippen LogP contribution is -2.40. The van der Waals surface area contributed by atoms with Crippen molar-refractivity contribution < 1.29 is 14.3 Å². The number of nitrogens with one attached hydrogen (secondary N) is 1. The molecule has 1 saturated heterocycles. The largest absolute Gasteiger partial charge is 0.497 e. The van der Waals surface area contributed by atoms with Crippen LogP contribution in [0.4, 0.5) is 0 Å². The van der Waals surface area contributed by atoms with Crippen LogP contribution in [0.25, 0.3) is 0 Å². The van der Waals surface area contributed by atoms with E-state index in [2.05, 4.69) is 24.4 Å². The van der Waals surface area contributed by atoms with Crippen molar-refractivity contribution in [3.8, 4) is 5.75 Å². The third kappa shape index (κ3) is 4.99. The Morgan fingerprint density at radius 3 is 2.42 bits per heavy atom. The van der Waals surface area contributed by atoms with Crippen molar-refractivity contribution in [2.24, 2.45) is 17.8 Å². The van der Waals surface area contributed by atoms with Crippen LogP contribution >= 0.6 is 0 Å². The summed E-state index contributed by atoms with van der Waals surface area (Å²) in [4.78, 5) is 26.1. The minimum Gasteiger partial charge on any atom is -0.497 e. The van der Waals surface area contributed by atoms with Crippen LogP contribution in [-0.2, 0) is 16.0 Å². The van der Waals surface area contributed by atoms with Gasteiger partial charge in [-0.1, -0.05) is 19.1 Å². The molecule has 5 heteroatoms. The lowest BCUT2D eigenvalue weighted by Gasteiger charge is -2.32. The maximum atomic E-state index is 12.3. The number of carbonyl (C=O) groups excluding carboxylic acids is 2. The Morgan fingerprint density at radius 1 is 1.19 bits per heavy atom. The van der Waals surface area contributed by atoms with Crippen LogP contribution in [0.15, 0.2) is 24.3 Å². The molecule has 1 aromatic rings. The molecule has 2 unspecified atom stereocenters. The molecule has 0 bridgehead atoms. The molecule has 1 saturated carbocycles. The first-order valence-corrected chi connectivity index (χ1v) is 9.75. The van der Waals surface area contributed by atoms with E-state index in [9.17, 15) is 9.59 Å². The smallest absolute Gasteiger partial charge is 0.224 e. The molecule has 1 N–H and O–H groups in total. The molecule has 0 spiro atoms. The van der Waals surface area contributed by atoms with E-state index in [-0.39, 0.29) is 17.7 Å². The van der Waals surface area contributed by atoms with Crippen molar-refractivity contribution in [1.82, 2.24) is 10.2 Å². The summed E-state index contributed by atoms with van der Waals surface area (Å²) >= 11 is 0. The topological polar surface area (TPSA) is 58.6 Å². The molecule has 26 heavy (non-hydrogen) atoms. The molecule has 2 fully saturated rings. The predicted molar refractivity (Wildman–Crippen MR) is 101 cm³/mol. The fraction of sp³-hybridized carbons (Fsp3) is 0.619. The molecule has 0 aromatic heterocycles. The Hall–Kier alpha value is -2.04. The third-order valence-corrected chi connectivity index (χ3v) is 5.74. The van der Waals surface area contributed by atoms with E-state index in [1.54, 1.807) is 7.11 Å². The zero-order chi connectivity index (χ0) is 18.5. The molecule has 142 valence electrons. The molecule has 2 atom stereocenters. The molecular formula is C21H30N2O3. The minimum atomic E-state index is 0.114. The van der Waals surface area contributed by atoms with Crippen molar-refractivity contribution in [2.75, 3.05) is 26.7 Å². The number of piperidine rings is 1. The van der Waals surface area contributed by atoms with Gasteiger partial charge in [-0.05, 0) is 55.2 Å². The molecule has 1 aromatic carbocycles. The summed E-state index contributed by atoms with van der Waals surface area (Å²) in [5.74, 6) is 2.48. The third-order valence-electron chi connectivity index (χ3n) is 5.74. The number of hydrogen-bond acceptors (Lipinski definition) is 3. The molecule has 5 nitrogen and oxygen atoms in total. The van der Waals surface area contributed by atoms with Crippen LogP contribution in [0.1, 0.15) is 38.2 Å². The minimum absolute atomic E-state index is 0.114. The highest BCUT2D eigenvalue weighted by Gasteiger charge is 2.38. The van der Waals surface area contributed by atoms with Gasteiger partial charge in [0.25, 0.3) is 0 Å². The predicted octanol–water partition coefficient (Wildman–Crippen LogP) is 2.64. The molecular weight excluding hydrogens is 328 g/mol. The number of rotatable bonds is 7. The quantitative estimate of drug-likeness (QED) is 0.815. The SMILES string of the molecule is COc1ccc(CC2CCN(C(=O)CCNC(=O)C3CC3C)CC2)cc1. The van der Waals surface area contributed by atoms with Gasteiger partial charge in [0.1, 0.15) is 5.75 Å². The summed E-state index contributed by atoms with van der Waals surface area (Å²) in [5, 5.41) is 2.90. The van der Waals surface area contributed by atoms with E-state index >= 15 is 0 Å². The number of amides is 2. The van der Waals surface area contributed by atoms with Crippen LogP contribution in [0.5, 0.6) is 5.75 Å². The van der Waals surface area contributed by atoms with Gasteiger partial charge < -0.3 is 15.0 Å². The summed E-state index contributed by atoms with van der Waals surface area (Å²) in [5.41, 5.74) is 1.33. The van der Waals surface area contributed by atoms with Crippen LogP contribution in [0.2, 0.25) is 0 Å². The summed E-state index contributed by atoms with van der Waals surface area (Å²) in [6.45, 7) is 4.21. The Labute approximate surface area is 156 Å². The first-order chi connectivity index (χ1) is 12.6. The molecule has 1 aliphatic carbocycles. The monoisotopic (exact) mass is 358 g/mol. The van der Waals surface area contributed by atoms with Crippen LogP contribution in [0.3, 0.4) is 0 Å². The maximum Gasteiger partial charge on any atom is 0.224 e. The Morgan fingerprint density at radius 2 is 1.85 bits per heavy atom. The molecule has 1 heterocycles. The van der Waals surface area contributed by atoms with Gasteiger partial charge in [0.15, 0.2) is 0 Å². The molecule has 1 aliphatic heterocycles. The number of methoxy groups -OCH3 is 1. The standard InChI is InChI=1S/C21H30N2O3/c1-15-13-19(15)21(25)22-10-7-20(24)23-11-8-17(9-12-23)14-16-3-5-18(26-2)6-4-16/h3-6,15,17,19H,7-14H2,1-2H3,(H,22,25). The Kier molecular flexibility index (Phi) is 6.17. The lowest BCUT2D eigenvalue weighted by atomic mass is 9.90. The van der Waals surface area contributed by atoms with E-state index in [0.717, 1.165) is 44.5 Å². The normalized spacial score (nSPS) is 22.8. The van der Waals surface area contributed by atoms with E-state index in [1.165, 1.54) is 5.56 Å². The fourth-order valence-electron chi connectivity index (χ4n) is 3.75. The van der Waals surface area contributed by atoms with Crippen molar-refractivity contribution in [3.05, 3.63) is 29.8 Å². The second-order valence-electron chi connectivity index (χ2n) is 7.74. The molecule has 2 aliphatic rings. The first kappa shape index (κ1) is 18.7. The first-order valence-electron chi connectivity index (χ1n) is 9.75. The summed E-state index contributed by atoms with van der Waals surface area (Å²) in [7, 11) is 1.68. The average molecular weight is 358 g/mol. The lowest BCUT2D eigenvalue weighted by molar-refractivity contribution is -0.132. The van der Waals surface area contributed by atoms with Gasteiger partial charge in [-0.25, -0.2) is 0 Å². The van der Waals surface area contributed by atoms with Gasteiger partial charge in [0.2, 0.25) is 11.8 Å². The molecule has 2 amide bonds.